The average molecular weight is 477 g/mol. The van der Waals surface area contributed by atoms with Crippen molar-refractivity contribution in [3.63, 3.8) is 0 Å². The number of phenolic OH excluding ortho intramolecular Hbond substituents is 1. The molecule has 1 aromatic carbocycles. The van der Waals surface area contributed by atoms with E-state index in [1.807, 2.05) is 0 Å². The van der Waals surface area contributed by atoms with Gasteiger partial charge < -0.3 is 48.7 Å². The number of carboxylic acid groups (broad SMARTS) is 3. The van der Waals surface area contributed by atoms with E-state index in [1.54, 1.807) is 12.1 Å². The van der Waals surface area contributed by atoms with E-state index in [0.717, 1.165) is 5.56 Å². The Bertz CT molecular complexity index is 720. The van der Waals surface area contributed by atoms with Crippen LogP contribution >= 0.6 is 12.6 Å². The van der Waals surface area contributed by atoms with E-state index in [0.29, 0.717) is 19.4 Å². The van der Waals surface area contributed by atoms with Gasteiger partial charge in [0.2, 0.25) is 0 Å². The van der Waals surface area contributed by atoms with Crippen LogP contribution in [0, 0.1) is 5.41 Å². The fourth-order valence-corrected chi connectivity index (χ4v) is 1.88. The number of thiol groups is 1. The van der Waals surface area contributed by atoms with Gasteiger partial charge in [0, 0.05) is 12.3 Å². The predicted octanol–water partition coefficient (Wildman–Crippen LogP) is -1.66. The molecule has 1 aromatic rings. The van der Waals surface area contributed by atoms with Crippen LogP contribution in [0.25, 0.3) is 0 Å². The highest BCUT2D eigenvalue weighted by atomic mass is 32.1. The molecule has 0 amide bonds. The second-order valence-corrected chi connectivity index (χ2v) is 6.74. The zero-order valence-electron chi connectivity index (χ0n) is 17.3. The monoisotopic (exact) mass is 476 g/mol. The van der Waals surface area contributed by atoms with E-state index >= 15 is 0 Å². The third-order valence-corrected chi connectivity index (χ3v) is 3.94. The van der Waals surface area contributed by atoms with Crippen molar-refractivity contribution in [2.45, 2.75) is 37.4 Å². The van der Waals surface area contributed by atoms with E-state index < -0.39 is 36.0 Å². The number of hydrogen-bond acceptors (Lipinski definition) is 9. The van der Waals surface area contributed by atoms with E-state index in [4.69, 9.17) is 48.8 Å². The Hall–Kier alpha value is -3.07. The first-order valence-corrected chi connectivity index (χ1v) is 9.86. The maximum absolute atomic E-state index is 10.4. The summed E-state index contributed by atoms with van der Waals surface area (Å²) in [5.41, 5.74) is 21.3. The van der Waals surface area contributed by atoms with Crippen LogP contribution in [-0.4, -0.2) is 74.7 Å². The molecule has 0 saturated heterocycles. The summed E-state index contributed by atoms with van der Waals surface area (Å²) in [6.07, 6.45) is 1.25. The van der Waals surface area contributed by atoms with Crippen LogP contribution in [0.5, 0.6) is 5.75 Å². The molecule has 1 rings (SSSR count). The molecule has 0 radical (unpaired) electrons. The van der Waals surface area contributed by atoms with Gasteiger partial charge in [-0.25, -0.2) is 0 Å². The van der Waals surface area contributed by atoms with Crippen molar-refractivity contribution in [1.29, 1.82) is 5.41 Å². The molecule has 0 spiro atoms. The fourth-order valence-electron chi connectivity index (χ4n) is 1.72. The van der Waals surface area contributed by atoms with Crippen LogP contribution in [0.4, 0.5) is 0 Å². The van der Waals surface area contributed by atoms with Gasteiger partial charge in [-0.15, -0.1) is 0 Å². The first kappa shape index (κ1) is 31.1. The lowest BCUT2D eigenvalue weighted by atomic mass is 10.1. The number of nitrogens with one attached hydrogen (secondary N) is 2. The number of carboxylic acids is 3. The quantitative estimate of drug-likeness (QED) is 0.0783. The molecule has 0 heterocycles. The van der Waals surface area contributed by atoms with Crippen molar-refractivity contribution in [1.82, 2.24) is 5.32 Å². The third kappa shape index (κ3) is 17.8. The highest BCUT2D eigenvalue weighted by Crippen LogP contribution is 2.10. The molecular formula is C18H32N6O7S. The number of rotatable bonds is 10. The maximum Gasteiger partial charge on any atom is 0.321 e. The number of hydrogen-bond donors (Lipinski definition) is 11. The minimum absolute atomic E-state index is 0.112. The van der Waals surface area contributed by atoms with Crippen molar-refractivity contribution < 1.29 is 34.8 Å². The van der Waals surface area contributed by atoms with Gasteiger partial charge in [0.15, 0.2) is 5.96 Å². The largest absolute Gasteiger partial charge is 0.508 e. The topological polar surface area (TPSA) is 272 Å². The molecule has 182 valence electrons. The Balaban J connectivity index is 0. The van der Waals surface area contributed by atoms with Crippen molar-refractivity contribution in [3.05, 3.63) is 29.8 Å². The van der Waals surface area contributed by atoms with Gasteiger partial charge in [-0.1, -0.05) is 12.1 Å². The van der Waals surface area contributed by atoms with Crippen molar-refractivity contribution >= 4 is 36.5 Å². The molecule has 13 nitrogen and oxygen atoms in total. The van der Waals surface area contributed by atoms with E-state index in [1.165, 1.54) is 12.1 Å². The second kappa shape index (κ2) is 17.6. The SMILES string of the molecule is N=C(N)NCCCC(N)C(=O)O.NC(CS)C(=O)O.NC(Cc1ccc(O)cc1)C(=O)O. The zero-order valence-corrected chi connectivity index (χ0v) is 18.2. The van der Waals surface area contributed by atoms with E-state index in [-0.39, 0.29) is 23.9 Å². The minimum atomic E-state index is -1.02. The third-order valence-electron chi connectivity index (χ3n) is 3.55. The Kier molecular flexibility index (Phi) is 17.1. The lowest BCUT2D eigenvalue weighted by Gasteiger charge is -2.06. The number of nitrogens with two attached hydrogens (primary N) is 4. The van der Waals surface area contributed by atoms with Gasteiger partial charge in [-0.2, -0.15) is 12.6 Å². The normalized spacial score (nSPS) is 12.5. The van der Waals surface area contributed by atoms with Crippen LogP contribution in [-0.2, 0) is 20.8 Å². The summed E-state index contributed by atoms with van der Waals surface area (Å²) in [5, 5.41) is 43.2. The van der Waals surface area contributed by atoms with Crippen LogP contribution < -0.4 is 28.3 Å². The van der Waals surface area contributed by atoms with Gasteiger partial charge in [0.1, 0.15) is 23.9 Å². The summed E-state index contributed by atoms with van der Waals surface area (Å²) in [6.45, 7) is 0.482. The van der Waals surface area contributed by atoms with Crippen molar-refractivity contribution in [2.75, 3.05) is 12.3 Å². The van der Waals surface area contributed by atoms with Crippen LogP contribution in [0.3, 0.4) is 0 Å². The Morgan fingerprint density at radius 1 is 0.938 bits per heavy atom. The van der Waals surface area contributed by atoms with Gasteiger partial charge in [-0.05, 0) is 37.0 Å². The molecule has 14 N–H and O–H groups in total. The summed E-state index contributed by atoms with van der Waals surface area (Å²) >= 11 is 3.65. The number of aromatic hydroxyl groups is 1. The number of carbonyl (C=O) groups is 3. The highest BCUT2D eigenvalue weighted by Gasteiger charge is 2.11. The van der Waals surface area contributed by atoms with Crippen LogP contribution in [0.15, 0.2) is 24.3 Å². The van der Waals surface area contributed by atoms with Gasteiger partial charge in [0.05, 0.1) is 0 Å². The highest BCUT2D eigenvalue weighted by molar-refractivity contribution is 7.80. The second-order valence-electron chi connectivity index (χ2n) is 6.37. The van der Waals surface area contributed by atoms with Crippen molar-refractivity contribution in [3.8, 4) is 5.75 Å². The summed E-state index contributed by atoms with van der Waals surface area (Å²) in [4.78, 5) is 30.4. The molecule has 0 saturated carbocycles. The van der Waals surface area contributed by atoms with E-state index in [2.05, 4.69) is 17.9 Å². The standard InChI is InChI=1S/C9H11NO3.C6H14N4O2.C3H7NO2S/c10-8(9(12)13)5-6-1-3-7(11)4-2-6;7-4(5(11)12)2-1-3-10-6(8)9;4-2(1-7)3(5)6/h1-4,8,11H,5,10H2,(H,12,13);4H,1-3,7H2,(H,11,12)(H4,8,9,10);2,7H,1,4H2,(H,5,6). The summed E-state index contributed by atoms with van der Waals surface area (Å²) in [7, 11) is 0. The minimum Gasteiger partial charge on any atom is -0.508 e. The van der Waals surface area contributed by atoms with Gasteiger partial charge in [-0.3, -0.25) is 19.8 Å². The number of guanidine groups is 1. The Morgan fingerprint density at radius 3 is 1.75 bits per heavy atom. The van der Waals surface area contributed by atoms with E-state index in [9.17, 15) is 14.4 Å². The molecule has 0 aliphatic carbocycles. The molecule has 14 heteroatoms. The first-order valence-electron chi connectivity index (χ1n) is 9.23. The fraction of sp³-hybridized carbons (Fsp3) is 0.444. The Labute approximate surface area is 190 Å². The lowest BCUT2D eigenvalue weighted by Crippen LogP contribution is -2.34. The number of aliphatic carboxylic acids is 3. The molecule has 0 fully saturated rings. The van der Waals surface area contributed by atoms with Crippen molar-refractivity contribution in [2.24, 2.45) is 22.9 Å². The smallest absolute Gasteiger partial charge is 0.321 e. The first-order chi connectivity index (χ1) is 14.8. The zero-order chi connectivity index (χ0) is 25.3. The van der Waals surface area contributed by atoms with Crippen LogP contribution in [0.2, 0.25) is 0 Å². The lowest BCUT2D eigenvalue weighted by molar-refractivity contribution is -0.139. The Morgan fingerprint density at radius 2 is 1.41 bits per heavy atom. The summed E-state index contributed by atoms with van der Waals surface area (Å²) in [6, 6.07) is 3.79. The molecule has 0 aliphatic heterocycles. The molecule has 3 unspecified atom stereocenters. The van der Waals surface area contributed by atoms with Crippen LogP contribution in [0.1, 0.15) is 18.4 Å². The van der Waals surface area contributed by atoms with Gasteiger partial charge >= 0.3 is 17.9 Å². The molecule has 3 atom stereocenters. The predicted molar refractivity (Wildman–Crippen MR) is 122 cm³/mol. The molecule has 0 aliphatic rings. The van der Waals surface area contributed by atoms with Gasteiger partial charge in [0.25, 0.3) is 0 Å². The summed E-state index contributed by atoms with van der Waals surface area (Å²) in [5.74, 6) is -2.79. The maximum atomic E-state index is 10.4. The number of benzene rings is 1. The molecule has 0 aromatic heterocycles. The summed E-state index contributed by atoms with van der Waals surface area (Å²) < 4.78 is 0. The number of phenols is 1. The molecule has 0 bridgehead atoms. The average Bonchev–Trinajstić information content (AvgIpc) is 2.72. The molecular weight excluding hydrogens is 444 g/mol. The molecule has 32 heavy (non-hydrogen) atoms.